The molecule has 1 unspecified atom stereocenters. The molecule has 2 fully saturated rings. The molecule has 27 heavy (non-hydrogen) atoms. The first-order chi connectivity index (χ1) is 13.2. The fourth-order valence-corrected chi connectivity index (χ4v) is 3.80. The number of anilines is 1. The predicted molar refractivity (Wildman–Crippen MR) is 104 cm³/mol. The second-order valence-corrected chi connectivity index (χ2v) is 7.46. The monoisotopic (exact) mass is 386 g/mol. The van der Waals surface area contributed by atoms with Crippen LogP contribution < -0.4 is 4.90 Å². The number of ether oxygens (including phenoxy) is 1. The van der Waals surface area contributed by atoms with Gasteiger partial charge in [-0.2, -0.15) is 5.10 Å². The molecule has 1 atom stereocenters. The number of nitrogens with zero attached hydrogens (tertiary/aromatic N) is 4. The normalized spacial score (nSPS) is 21.0. The van der Waals surface area contributed by atoms with Gasteiger partial charge >= 0.3 is 0 Å². The Balaban J connectivity index is 1.56. The molecule has 4 heterocycles. The van der Waals surface area contributed by atoms with E-state index in [0.29, 0.717) is 17.7 Å². The first kappa shape index (κ1) is 18.3. The third kappa shape index (κ3) is 4.44. The lowest BCUT2D eigenvalue weighted by molar-refractivity contribution is 0.0662. The number of hydrogen-bond donors (Lipinski definition) is 1. The topological polar surface area (TPSA) is 63.4 Å². The number of pyridine rings is 1. The molecule has 0 bridgehead atoms. The van der Waals surface area contributed by atoms with Crippen LogP contribution in [0.25, 0.3) is 0 Å². The van der Waals surface area contributed by atoms with Crippen molar-refractivity contribution in [3.63, 3.8) is 0 Å². The minimum Gasteiger partial charge on any atom is -0.391 e. The smallest absolute Gasteiger partial charge is 0.131 e. The highest BCUT2D eigenvalue weighted by Gasteiger charge is 2.20. The number of hydrogen-bond acceptors (Lipinski definition) is 5. The van der Waals surface area contributed by atoms with Crippen LogP contribution in [0.2, 0.25) is 5.15 Å². The van der Waals surface area contributed by atoms with Crippen LogP contribution in [0.15, 0.2) is 24.7 Å². The van der Waals surface area contributed by atoms with Crippen molar-refractivity contribution in [2.24, 2.45) is 0 Å². The molecule has 2 saturated heterocycles. The zero-order valence-electron chi connectivity index (χ0n) is 15.1. The van der Waals surface area contributed by atoms with Gasteiger partial charge < -0.3 is 14.7 Å². The fraction of sp³-hybridized carbons (Fsp3) is 0.500. The molecule has 2 aliphatic rings. The maximum absolute atomic E-state index is 9.99. The molecular weight excluding hydrogens is 364 g/mol. The van der Waals surface area contributed by atoms with Gasteiger partial charge in [-0.25, -0.2) is 4.98 Å². The van der Waals surface area contributed by atoms with Crippen molar-refractivity contribution in [1.82, 2.24) is 14.8 Å². The molecule has 2 aromatic heterocycles. The zero-order valence-corrected chi connectivity index (χ0v) is 15.9. The van der Waals surface area contributed by atoms with Crippen LogP contribution in [0, 0.1) is 11.8 Å². The van der Waals surface area contributed by atoms with Crippen molar-refractivity contribution in [2.75, 3.05) is 31.2 Å². The molecule has 0 saturated carbocycles. The van der Waals surface area contributed by atoms with Crippen LogP contribution in [0.1, 0.15) is 42.9 Å². The summed E-state index contributed by atoms with van der Waals surface area (Å²) in [4.78, 5) is 6.32. The number of β-amino-alcohol motifs (C(OH)–C–C–N with tert-alkyl or cyclic N) is 1. The lowest BCUT2D eigenvalue weighted by atomic mass is 10.1. The lowest BCUT2D eigenvalue weighted by Gasteiger charge is -2.32. The Kier molecular flexibility index (Phi) is 5.63. The van der Waals surface area contributed by atoms with Gasteiger partial charge in [-0.3, -0.25) is 4.68 Å². The quantitative estimate of drug-likeness (QED) is 0.635. The Bertz CT molecular complexity index is 851. The SMILES string of the molecule is OC1CCCN(c2cc(Cl)ncc2C#Cc2cnn(C3CCOCC3)c2)C1. The molecular formula is C20H23ClN4O2. The maximum Gasteiger partial charge on any atom is 0.131 e. The van der Waals surface area contributed by atoms with Gasteiger partial charge in [0.15, 0.2) is 0 Å². The summed E-state index contributed by atoms with van der Waals surface area (Å²) in [6, 6.07) is 2.21. The summed E-state index contributed by atoms with van der Waals surface area (Å²) in [5.74, 6) is 6.41. The van der Waals surface area contributed by atoms with E-state index in [1.54, 1.807) is 12.4 Å². The van der Waals surface area contributed by atoms with Crippen LogP contribution in [0.5, 0.6) is 0 Å². The predicted octanol–water partition coefficient (Wildman–Crippen LogP) is 2.64. The average Bonchev–Trinajstić information content (AvgIpc) is 3.17. The van der Waals surface area contributed by atoms with Gasteiger partial charge in [0.05, 0.1) is 35.2 Å². The number of aliphatic hydroxyl groups is 1. The Labute approximate surface area is 164 Å². The summed E-state index contributed by atoms with van der Waals surface area (Å²) in [5, 5.41) is 14.9. The second kappa shape index (κ2) is 8.30. The van der Waals surface area contributed by atoms with E-state index in [-0.39, 0.29) is 6.10 Å². The van der Waals surface area contributed by atoms with Gasteiger partial charge in [0.2, 0.25) is 0 Å². The summed E-state index contributed by atoms with van der Waals surface area (Å²) >= 11 is 6.11. The molecule has 142 valence electrons. The molecule has 2 aliphatic heterocycles. The first-order valence-electron chi connectivity index (χ1n) is 9.41. The summed E-state index contributed by atoms with van der Waals surface area (Å²) < 4.78 is 7.41. The molecule has 0 aliphatic carbocycles. The zero-order chi connectivity index (χ0) is 18.6. The molecule has 2 aromatic rings. The van der Waals surface area contributed by atoms with Gasteiger partial charge in [-0.1, -0.05) is 23.4 Å². The van der Waals surface area contributed by atoms with Crippen LogP contribution in [-0.4, -0.2) is 52.3 Å². The number of halogens is 1. The lowest BCUT2D eigenvalue weighted by Crippen LogP contribution is -2.38. The maximum atomic E-state index is 9.99. The summed E-state index contributed by atoms with van der Waals surface area (Å²) in [6.07, 6.45) is 8.94. The van der Waals surface area contributed by atoms with Crippen LogP contribution in [-0.2, 0) is 4.74 Å². The van der Waals surface area contributed by atoms with Gasteiger partial charge in [0.1, 0.15) is 5.15 Å². The van der Waals surface area contributed by atoms with Crippen molar-refractivity contribution in [1.29, 1.82) is 0 Å². The second-order valence-electron chi connectivity index (χ2n) is 7.07. The molecule has 7 heteroatoms. The molecule has 0 amide bonds. The van der Waals surface area contributed by atoms with E-state index in [9.17, 15) is 5.11 Å². The van der Waals surface area contributed by atoms with Gasteiger partial charge in [-0.15, -0.1) is 0 Å². The van der Waals surface area contributed by atoms with E-state index in [0.717, 1.165) is 62.3 Å². The van der Waals surface area contributed by atoms with Crippen LogP contribution in [0.3, 0.4) is 0 Å². The Morgan fingerprint density at radius 2 is 2.04 bits per heavy atom. The van der Waals surface area contributed by atoms with Crippen LogP contribution >= 0.6 is 11.6 Å². The van der Waals surface area contributed by atoms with E-state index >= 15 is 0 Å². The molecule has 6 nitrogen and oxygen atoms in total. The summed E-state index contributed by atoms with van der Waals surface area (Å²) in [7, 11) is 0. The van der Waals surface area contributed by atoms with Crippen molar-refractivity contribution in [3.8, 4) is 11.8 Å². The molecule has 0 radical (unpaired) electrons. The highest BCUT2D eigenvalue weighted by atomic mass is 35.5. The van der Waals surface area contributed by atoms with E-state index < -0.39 is 0 Å². The van der Waals surface area contributed by atoms with E-state index in [1.165, 1.54) is 0 Å². The number of rotatable bonds is 2. The molecule has 4 rings (SSSR count). The standard InChI is InChI=1S/C20H23ClN4O2/c21-20-10-19(24-7-1-2-18(26)14-24)16(12-22-20)4-3-15-11-23-25(13-15)17-5-8-27-9-6-17/h10-13,17-18,26H,1-2,5-9,14H2. The number of aliphatic hydroxyl groups excluding tert-OH is 1. The van der Waals surface area contributed by atoms with E-state index in [2.05, 4.69) is 26.8 Å². The van der Waals surface area contributed by atoms with Gasteiger partial charge in [-0.05, 0) is 25.7 Å². The third-order valence-corrected chi connectivity index (χ3v) is 5.30. The van der Waals surface area contributed by atoms with Gasteiger partial charge in [0, 0.05) is 44.8 Å². The van der Waals surface area contributed by atoms with Crippen molar-refractivity contribution in [3.05, 3.63) is 40.9 Å². The minimum atomic E-state index is -0.316. The Hall–Kier alpha value is -2.07. The largest absolute Gasteiger partial charge is 0.391 e. The van der Waals surface area contributed by atoms with Crippen molar-refractivity contribution in [2.45, 2.75) is 37.8 Å². The summed E-state index contributed by atoms with van der Waals surface area (Å²) in [5.41, 5.74) is 2.62. The van der Waals surface area contributed by atoms with Gasteiger partial charge in [0.25, 0.3) is 0 Å². The average molecular weight is 387 g/mol. The van der Waals surface area contributed by atoms with Crippen LogP contribution in [0.4, 0.5) is 5.69 Å². The Morgan fingerprint density at radius 3 is 2.85 bits per heavy atom. The third-order valence-electron chi connectivity index (χ3n) is 5.09. The summed E-state index contributed by atoms with van der Waals surface area (Å²) in [6.45, 7) is 3.05. The van der Waals surface area contributed by atoms with E-state index in [4.69, 9.17) is 16.3 Å². The van der Waals surface area contributed by atoms with Crippen molar-refractivity contribution >= 4 is 17.3 Å². The highest BCUT2D eigenvalue weighted by molar-refractivity contribution is 6.29. The minimum absolute atomic E-state index is 0.316. The highest BCUT2D eigenvalue weighted by Crippen LogP contribution is 2.26. The number of aromatic nitrogens is 3. The van der Waals surface area contributed by atoms with Crippen molar-refractivity contribution < 1.29 is 9.84 Å². The van der Waals surface area contributed by atoms with E-state index in [1.807, 2.05) is 16.9 Å². The molecule has 0 spiro atoms. The first-order valence-corrected chi connectivity index (χ1v) is 9.79. The Morgan fingerprint density at radius 1 is 1.19 bits per heavy atom. The molecule has 0 aromatic carbocycles. The molecule has 1 N–H and O–H groups in total. The fourth-order valence-electron chi connectivity index (χ4n) is 3.64. The number of piperidine rings is 1.